The molecule has 2 unspecified atom stereocenters. The SMILES string of the molecule is COc1cc(C2CC2)cc2c(Cl)c(C(=O)N3CCN(C4CC5CC5C4)C(=O)C3)nn12. The van der Waals surface area contributed by atoms with E-state index in [4.69, 9.17) is 16.3 Å². The van der Waals surface area contributed by atoms with Gasteiger partial charge in [0.2, 0.25) is 11.8 Å². The minimum absolute atomic E-state index is 0.0365. The molecule has 1 aliphatic heterocycles. The second-order valence-electron chi connectivity index (χ2n) is 9.26. The number of carbonyl (C=O) groups excluding carboxylic acids is 2. The van der Waals surface area contributed by atoms with Crippen LogP contribution in [0, 0.1) is 11.8 Å². The summed E-state index contributed by atoms with van der Waals surface area (Å²) in [6.07, 6.45) is 5.91. The summed E-state index contributed by atoms with van der Waals surface area (Å²) < 4.78 is 7.08. The van der Waals surface area contributed by atoms with Crippen LogP contribution in [0.4, 0.5) is 0 Å². The maximum absolute atomic E-state index is 13.2. The van der Waals surface area contributed by atoms with Crippen molar-refractivity contribution in [2.45, 2.75) is 44.1 Å². The summed E-state index contributed by atoms with van der Waals surface area (Å²) in [6, 6.07) is 4.33. The third kappa shape index (κ3) is 2.89. The Morgan fingerprint density at radius 2 is 1.93 bits per heavy atom. The number of pyridine rings is 1. The van der Waals surface area contributed by atoms with E-state index in [2.05, 4.69) is 5.10 Å². The molecule has 0 bridgehead atoms. The van der Waals surface area contributed by atoms with Crippen molar-refractivity contribution in [1.82, 2.24) is 19.4 Å². The first-order chi connectivity index (χ1) is 14.5. The van der Waals surface area contributed by atoms with Crippen molar-refractivity contribution >= 4 is 28.9 Å². The minimum Gasteiger partial charge on any atom is -0.481 e. The van der Waals surface area contributed by atoms with Crippen LogP contribution < -0.4 is 4.74 Å². The van der Waals surface area contributed by atoms with Gasteiger partial charge in [0.25, 0.3) is 5.91 Å². The maximum atomic E-state index is 13.2. The molecule has 2 aromatic heterocycles. The van der Waals surface area contributed by atoms with Crippen molar-refractivity contribution in [1.29, 1.82) is 0 Å². The topological polar surface area (TPSA) is 67.2 Å². The number of methoxy groups -OCH3 is 1. The summed E-state index contributed by atoms with van der Waals surface area (Å²) >= 11 is 6.61. The van der Waals surface area contributed by atoms with E-state index in [1.807, 2.05) is 17.0 Å². The van der Waals surface area contributed by atoms with Crippen LogP contribution in [-0.4, -0.2) is 64.0 Å². The monoisotopic (exact) mass is 428 g/mol. The molecule has 0 radical (unpaired) electrons. The number of carbonyl (C=O) groups is 2. The second kappa shape index (κ2) is 6.61. The van der Waals surface area contributed by atoms with Crippen LogP contribution in [0.2, 0.25) is 5.02 Å². The number of aromatic nitrogens is 2. The van der Waals surface area contributed by atoms with E-state index in [1.165, 1.54) is 12.0 Å². The van der Waals surface area contributed by atoms with Crippen LogP contribution in [0.5, 0.6) is 5.88 Å². The van der Waals surface area contributed by atoms with Crippen molar-refractivity contribution in [2.75, 3.05) is 26.7 Å². The molecule has 7 nitrogen and oxygen atoms in total. The van der Waals surface area contributed by atoms with Gasteiger partial charge in [0.1, 0.15) is 6.54 Å². The molecule has 3 aliphatic carbocycles. The number of halogens is 1. The largest absolute Gasteiger partial charge is 0.481 e. The fourth-order valence-corrected chi connectivity index (χ4v) is 5.63. The number of hydrogen-bond donors (Lipinski definition) is 0. The lowest BCUT2D eigenvalue weighted by Crippen LogP contribution is -2.55. The van der Waals surface area contributed by atoms with Crippen LogP contribution >= 0.6 is 11.6 Å². The molecular weight excluding hydrogens is 404 g/mol. The number of fused-ring (bicyclic) bond motifs is 2. The molecule has 4 aliphatic rings. The van der Waals surface area contributed by atoms with E-state index in [1.54, 1.807) is 16.5 Å². The van der Waals surface area contributed by atoms with Gasteiger partial charge in [-0.1, -0.05) is 11.6 Å². The molecule has 4 fully saturated rings. The molecule has 2 atom stereocenters. The van der Waals surface area contributed by atoms with Crippen molar-refractivity contribution < 1.29 is 14.3 Å². The zero-order valence-electron chi connectivity index (χ0n) is 17.0. The van der Waals surface area contributed by atoms with E-state index in [9.17, 15) is 9.59 Å². The highest BCUT2D eigenvalue weighted by molar-refractivity contribution is 6.36. The highest BCUT2D eigenvalue weighted by Crippen LogP contribution is 2.53. The Morgan fingerprint density at radius 3 is 2.60 bits per heavy atom. The molecule has 6 rings (SSSR count). The highest BCUT2D eigenvalue weighted by atomic mass is 35.5. The normalized spacial score (nSPS) is 28.2. The molecule has 0 N–H and O–H groups in total. The lowest BCUT2D eigenvalue weighted by Gasteiger charge is -2.38. The number of amides is 2. The average molecular weight is 429 g/mol. The predicted molar refractivity (Wildman–Crippen MR) is 111 cm³/mol. The Morgan fingerprint density at radius 1 is 1.17 bits per heavy atom. The Hall–Kier alpha value is -2.28. The van der Waals surface area contributed by atoms with Crippen molar-refractivity contribution in [3.05, 3.63) is 28.4 Å². The summed E-state index contributed by atoms with van der Waals surface area (Å²) in [7, 11) is 1.59. The van der Waals surface area contributed by atoms with E-state index in [-0.39, 0.29) is 24.1 Å². The van der Waals surface area contributed by atoms with Gasteiger partial charge in [-0.2, -0.15) is 9.61 Å². The summed E-state index contributed by atoms with van der Waals surface area (Å²) in [6.45, 7) is 1.21. The molecule has 0 aromatic carbocycles. The number of ether oxygens (including phenoxy) is 1. The molecule has 0 spiro atoms. The first-order valence-electron chi connectivity index (χ1n) is 10.9. The quantitative estimate of drug-likeness (QED) is 0.750. The molecule has 3 heterocycles. The Kier molecular flexibility index (Phi) is 4.07. The van der Waals surface area contributed by atoms with Crippen LogP contribution in [0.3, 0.4) is 0 Å². The number of hydrogen-bond acceptors (Lipinski definition) is 4. The lowest BCUT2D eigenvalue weighted by atomic mass is 10.1. The van der Waals surface area contributed by atoms with E-state index < -0.39 is 0 Å². The van der Waals surface area contributed by atoms with Crippen LogP contribution in [-0.2, 0) is 4.79 Å². The molecule has 2 aromatic rings. The molecule has 3 saturated carbocycles. The van der Waals surface area contributed by atoms with Gasteiger partial charge < -0.3 is 14.5 Å². The second-order valence-corrected chi connectivity index (χ2v) is 9.64. The smallest absolute Gasteiger partial charge is 0.276 e. The predicted octanol–water partition coefficient (Wildman–Crippen LogP) is 2.96. The van der Waals surface area contributed by atoms with E-state index in [0.717, 1.165) is 37.5 Å². The highest BCUT2D eigenvalue weighted by Gasteiger charge is 2.49. The zero-order chi connectivity index (χ0) is 20.6. The minimum atomic E-state index is -0.291. The van der Waals surface area contributed by atoms with E-state index >= 15 is 0 Å². The zero-order valence-corrected chi connectivity index (χ0v) is 17.8. The van der Waals surface area contributed by atoms with Gasteiger partial charge in [-0.3, -0.25) is 9.59 Å². The number of rotatable bonds is 4. The van der Waals surface area contributed by atoms with Crippen molar-refractivity contribution in [3.63, 3.8) is 0 Å². The fourth-order valence-electron chi connectivity index (χ4n) is 5.38. The van der Waals surface area contributed by atoms with Gasteiger partial charge in [-0.05, 0) is 61.5 Å². The lowest BCUT2D eigenvalue weighted by molar-refractivity contribution is -0.137. The van der Waals surface area contributed by atoms with Crippen LogP contribution in [0.1, 0.15) is 54.1 Å². The molecule has 2 amide bonds. The van der Waals surface area contributed by atoms with Crippen LogP contribution in [0.15, 0.2) is 12.1 Å². The van der Waals surface area contributed by atoms with Gasteiger partial charge in [0.15, 0.2) is 5.69 Å². The number of nitrogens with zero attached hydrogens (tertiary/aromatic N) is 4. The van der Waals surface area contributed by atoms with Gasteiger partial charge >= 0.3 is 0 Å². The molecule has 30 heavy (non-hydrogen) atoms. The van der Waals surface area contributed by atoms with Gasteiger partial charge in [0.05, 0.1) is 17.6 Å². The molecular formula is C22H25ClN4O3. The Bertz CT molecular complexity index is 1050. The summed E-state index contributed by atoms with van der Waals surface area (Å²) in [5, 5.41) is 4.79. The molecule has 8 heteroatoms. The standard InChI is InChI=1S/C22H25ClN4O3/c1-30-19-10-15(12-2-3-12)9-17-20(23)21(24-27(17)19)22(29)25-4-5-26(18(28)11-25)16-7-13-6-14(13)8-16/h9-10,12-14,16H,2-8,11H2,1H3. The first-order valence-corrected chi connectivity index (χ1v) is 11.3. The van der Waals surface area contributed by atoms with Crippen LogP contribution in [0.25, 0.3) is 5.52 Å². The van der Waals surface area contributed by atoms with Crippen molar-refractivity contribution in [2.24, 2.45) is 11.8 Å². The Balaban J connectivity index is 1.24. The molecule has 1 saturated heterocycles. The first kappa shape index (κ1) is 18.5. The third-order valence-electron chi connectivity index (χ3n) is 7.33. The maximum Gasteiger partial charge on any atom is 0.276 e. The van der Waals surface area contributed by atoms with Gasteiger partial charge in [-0.25, -0.2) is 0 Å². The van der Waals surface area contributed by atoms with E-state index in [0.29, 0.717) is 41.5 Å². The summed E-state index contributed by atoms with van der Waals surface area (Å²) in [4.78, 5) is 29.6. The van der Waals surface area contributed by atoms with Crippen molar-refractivity contribution in [3.8, 4) is 5.88 Å². The summed E-state index contributed by atoms with van der Waals surface area (Å²) in [5.41, 5.74) is 2.03. The van der Waals surface area contributed by atoms with Gasteiger partial charge in [-0.15, -0.1) is 0 Å². The number of piperazine rings is 1. The summed E-state index contributed by atoms with van der Waals surface area (Å²) in [5.74, 6) is 2.50. The van der Waals surface area contributed by atoms with Gasteiger partial charge in [0, 0.05) is 25.2 Å². The fraction of sp³-hybridized carbons (Fsp3) is 0.591. The molecule has 158 valence electrons. The Labute approximate surface area is 179 Å². The average Bonchev–Trinajstić information content (AvgIpc) is 3.67. The third-order valence-corrected chi connectivity index (χ3v) is 7.70.